The number of carbonyl (C=O) groups is 1. The normalized spacial score (nSPS) is 10.6. The van der Waals surface area contributed by atoms with Gasteiger partial charge < -0.3 is 10.6 Å². The number of anilines is 2. The first-order valence-electron chi connectivity index (χ1n) is 7.32. The molecule has 1 aromatic heterocycles. The van der Waals surface area contributed by atoms with Crippen LogP contribution < -0.4 is 10.6 Å². The van der Waals surface area contributed by atoms with E-state index < -0.39 is 5.82 Å². The topological polar surface area (TPSA) is 66.9 Å². The molecule has 3 rings (SSSR count). The summed E-state index contributed by atoms with van der Waals surface area (Å²) in [5, 5.41) is 6.66. The number of fused-ring (bicyclic) bond motifs is 1. The number of hydrogen-bond donors (Lipinski definition) is 2. The van der Waals surface area contributed by atoms with Crippen LogP contribution in [0, 0.1) is 5.82 Å². The molecule has 2 N–H and O–H groups in total. The Hall–Kier alpha value is -2.73. The third-order valence-electron chi connectivity index (χ3n) is 3.39. The maximum absolute atomic E-state index is 13.1. The molecule has 0 spiro atoms. The van der Waals surface area contributed by atoms with E-state index in [9.17, 15) is 9.18 Å². The summed E-state index contributed by atoms with van der Waals surface area (Å²) in [7, 11) is 0. The molecule has 5 nitrogen and oxygen atoms in total. The lowest BCUT2D eigenvalue weighted by Gasteiger charge is -2.09. The van der Waals surface area contributed by atoms with Crippen LogP contribution >= 0.6 is 11.6 Å². The molecular weight excluding hydrogens is 331 g/mol. The predicted octanol–water partition coefficient (Wildman–Crippen LogP) is 3.86. The first kappa shape index (κ1) is 16.1. The van der Waals surface area contributed by atoms with Crippen LogP contribution in [0.25, 0.3) is 10.9 Å². The molecule has 3 aromatic rings. The van der Waals surface area contributed by atoms with E-state index in [2.05, 4.69) is 20.6 Å². The molecule has 122 valence electrons. The van der Waals surface area contributed by atoms with Crippen LogP contribution in [0.2, 0.25) is 5.02 Å². The van der Waals surface area contributed by atoms with Crippen molar-refractivity contribution < 1.29 is 9.18 Å². The van der Waals surface area contributed by atoms with Crippen molar-refractivity contribution in [2.24, 2.45) is 0 Å². The van der Waals surface area contributed by atoms with E-state index in [-0.39, 0.29) is 17.4 Å². The van der Waals surface area contributed by atoms with Crippen molar-refractivity contribution in [3.63, 3.8) is 0 Å². The largest absolute Gasteiger partial charge is 0.369 e. The number of carbonyl (C=O) groups excluding carboxylic acids is 1. The fraction of sp³-hybridized carbons (Fsp3) is 0.118. The summed E-state index contributed by atoms with van der Waals surface area (Å²) in [4.78, 5) is 20.3. The van der Waals surface area contributed by atoms with Crippen molar-refractivity contribution in [3.05, 3.63) is 59.6 Å². The Balaban J connectivity index is 1.57. The van der Waals surface area contributed by atoms with E-state index in [4.69, 9.17) is 11.6 Å². The standard InChI is InChI=1S/C17H14ClFN4O/c18-13-9-11(5-6-14(13)19)23-16(24)7-8-20-17-12-3-1-2-4-15(12)21-10-22-17/h1-6,9-10H,7-8H2,(H,23,24)(H,20,21,22). The van der Waals surface area contributed by atoms with E-state index in [0.717, 1.165) is 10.9 Å². The monoisotopic (exact) mass is 344 g/mol. The molecule has 0 aliphatic heterocycles. The summed E-state index contributed by atoms with van der Waals surface area (Å²) in [5.74, 6) is -0.0475. The van der Waals surface area contributed by atoms with Crippen molar-refractivity contribution in [2.75, 3.05) is 17.2 Å². The van der Waals surface area contributed by atoms with E-state index in [1.807, 2.05) is 24.3 Å². The van der Waals surface area contributed by atoms with Gasteiger partial charge in [-0.15, -0.1) is 0 Å². The SMILES string of the molecule is O=C(CCNc1ncnc2ccccc12)Nc1ccc(F)c(Cl)c1. The highest BCUT2D eigenvalue weighted by atomic mass is 35.5. The summed E-state index contributed by atoms with van der Waals surface area (Å²) in [6.45, 7) is 0.405. The number of para-hydroxylation sites is 1. The van der Waals surface area contributed by atoms with E-state index >= 15 is 0 Å². The van der Waals surface area contributed by atoms with E-state index in [1.165, 1.54) is 24.5 Å². The number of rotatable bonds is 5. The van der Waals surface area contributed by atoms with Crippen LogP contribution in [0.1, 0.15) is 6.42 Å². The lowest BCUT2D eigenvalue weighted by atomic mass is 10.2. The third-order valence-corrected chi connectivity index (χ3v) is 3.68. The van der Waals surface area contributed by atoms with Crippen LogP contribution in [-0.4, -0.2) is 22.4 Å². The fourth-order valence-electron chi connectivity index (χ4n) is 2.24. The van der Waals surface area contributed by atoms with Crippen molar-refractivity contribution in [2.45, 2.75) is 6.42 Å². The molecule has 0 saturated carbocycles. The molecule has 0 radical (unpaired) electrons. The lowest BCUT2D eigenvalue weighted by molar-refractivity contribution is -0.115. The van der Waals surface area contributed by atoms with Gasteiger partial charge in [0.1, 0.15) is 18.0 Å². The minimum Gasteiger partial charge on any atom is -0.369 e. The molecule has 0 aliphatic carbocycles. The molecule has 2 aromatic carbocycles. The Morgan fingerprint density at radius 2 is 2.00 bits per heavy atom. The number of amides is 1. The van der Waals surface area contributed by atoms with Crippen LogP contribution in [0.5, 0.6) is 0 Å². The van der Waals surface area contributed by atoms with Crippen LogP contribution in [-0.2, 0) is 4.79 Å². The molecule has 0 bridgehead atoms. The van der Waals surface area contributed by atoms with Gasteiger partial charge in [0, 0.05) is 24.0 Å². The third kappa shape index (κ3) is 3.78. The van der Waals surface area contributed by atoms with Gasteiger partial charge in [0.2, 0.25) is 5.91 Å². The molecule has 24 heavy (non-hydrogen) atoms. The Kier molecular flexibility index (Phi) is 4.86. The minimum absolute atomic E-state index is 0.0293. The Morgan fingerprint density at radius 3 is 2.83 bits per heavy atom. The average Bonchev–Trinajstić information content (AvgIpc) is 2.58. The summed E-state index contributed by atoms with van der Waals surface area (Å²) in [5.41, 5.74) is 1.29. The highest BCUT2D eigenvalue weighted by Gasteiger charge is 2.07. The van der Waals surface area contributed by atoms with Crippen LogP contribution in [0.4, 0.5) is 15.9 Å². The molecule has 0 fully saturated rings. The second-order valence-corrected chi connectivity index (χ2v) is 5.50. The molecule has 1 heterocycles. The van der Waals surface area contributed by atoms with Gasteiger partial charge in [-0.25, -0.2) is 14.4 Å². The number of nitrogens with zero attached hydrogens (tertiary/aromatic N) is 2. The molecule has 0 aliphatic rings. The maximum Gasteiger partial charge on any atom is 0.226 e. The number of hydrogen-bond acceptors (Lipinski definition) is 4. The van der Waals surface area contributed by atoms with Gasteiger partial charge in [-0.05, 0) is 30.3 Å². The van der Waals surface area contributed by atoms with E-state index in [1.54, 1.807) is 0 Å². The van der Waals surface area contributed by atoms with Crippen LogP contribution in [0.15, 0.2) is 48.8 Å². The molecule has 0 unspecified atom stereocenters. The number of nitrogens with one attached hydrogen (secondary N) is 2. The molecular formula is C17H14ClFN4O. The second kappa shape index (κ2) is 7.23. The minimum atomic E-state index is -0.521. The number of benzene rings is 2. The van der Waals surface area contributed by atoms with Crippen molar-refractivity contribution in [1.82, 2.24) is 9.97 Å². The van der Waals surface area contributed by atoms with E-state index in [0.29, 0.717) is 18.1 Å². The van der Waals surface area contributed by atoms with Gasteiger partial charge in [0.15, 0.2) is 0 Å². The van der Waals surface area contributed by atoms with Gasteiger partial charge in [-0.2, -0.15) is 0 Å². The zero-order chi connectivity index (χ0) is 16.9. The number of halogens is 2. The van der Waals surface area contributed by atoms with Gasteiger partial charge in [-0.3, -0.25) is 4.79 Å². The van der Waals surface area contributed by atoms with Gasteiger partial charge >= 0.3 is 0 Å². The Bertz CT molecular complexity index is 882. The smallest absolute Gasteiger partial charge is 0.226 e. The molecule has 1 amide bonds. The summed E-state index contributed by atoms with van der Waals surface area (Å²) < 4.78 is 13.1. The van der Waals surface area contributed by atoms with Crippen molar-refractivity contribution >= 4 is 39.9 Å². The molecule has 7 heteroatoms. The lowest BCUT2D eigenvalue weighted by Crippen LogP contribution is -2.16. The predicted molar refractivity (Wildman–Crippen MR) is 92.7 cm³/mol. The quantitative estimate of drug-likeness (QED) is 0.737. The highest BCUT2D eigenvalue weighted by molar-refractivity contribution is 6.31. The van der Waals surface area contributed by atoms with Crippen molar-refractivity contribution in [1.29, 1.82) is 0 Å². The summed E-state index contributed by atoms with van der Waals surface area (Å²) >= 11 is 5.68. The van der Waals surface area contributed by atoms with Gasteiger partial charge in [0.05, 0.1) is 10.5 Å². The second-order valence-electron chi connectivity index (χ2n) is 5.09. The van der Waals surface area contributed by atoms with Gasteiger partial charge in [-0.1, -0.05) is 23.7 Å². The highest BCUT2D eigenvalue weighted by Crippen LogP contribution is 2.20. The first-order chi connectivity index (χ1) is 11.6. The zero-order valence-corrected chi connectivity index (χ0v) is 13.3. The zero-order valence-electron chi connectivity index (χ0n) is 12.6. The Morgan fingerprint density at radius 1 is 1.17 bits per heavy atom. The summed E-state index contributed by atoms with van der Waals surface area (Å²) in [6, 6.07) is 11.7. The maximum atomic E-state index is 13.1. The molecule has 0 saturated heterocycles. The fourth-order valence-corrected chi connectivity index (χ4v) is 2.42. The van der Waals surface area contributed by atoms with Crippen LogP contribution in [0.3, 0.4) is 0 Å². The van der Waals surface area contributed by atoms with Crippen molar-refractivity contribution in [3.8, 4) is 0 Å². The first-order valence-corrected chi connectivity index (χ1v) is 7.70. The Labute approximate surface area is 142 Å². The number of aromatic nitrogens is 2. The average molecular weight is 345 g/mol. The molecule has 0 atom stereocenters. The summed E-state index contributed by atoms with van der Waals surface area (Å²) in [6.07, 6.45) is 1.71. The van der Waals surface area contributed by atoms with Gasteiger partial charge in [0.25, 0.3) is 0 Å².